The van der Waals surface area contributed by atoms with Crippen LogP contribution in [-0.4, -0.2) is 80.5 Å². The van der Waals surface area contributed by atoms with Crippen molar-refractivity contribution in [3.8, 4) is 0 Å². The van der Waals surface area contributed by atoms with E-state index in [0.29, 0.717) is 19.7 Å². The second kappa shape index (κ2) is 10.3. The summed E-state index contributed by atoms with van der Waals surface area (Å²) in [6.45, 7) is 4.83. The fraction of sp³-hybridized carbons (Fsp3) is 0.667. The molecule has 0 aliphatic carbocycles. The molecule has 0 aliphatic rings. The number of nitrogens with zero attached hydrogens (tertiary/aromatic N) is 2. The number of carboxylic acids is 1. The first-order valence-corrected chi connectivity index (χ1v) is 5.91. The third kappa shape index (κ3) is 7.43. The van der Waals surface area contributed by atoms with Crippen LogP contribution >= 0.6 is 0 Å². The summed E-state index contributed by atoms with van der Waals surface area (Å²) in [7, 11) is 3.03. The summed E-state index contributed by atoms with van der Waals surface area (Å²) in [5, 5.41) is 8.82. The van der Waals surface area contributed by atoms with Gasteiger partial charge < -0.3 is 24.4 Å². The van der Waals surface area contributed by atoms with E-state index in [2.05, 4.69) is 6.58 Å². The molecular weight excluding hydrogens is 252 g/mol. The van der Waals surface area contributed by atoms with E-state index >= 15 is 0 Å². The van der Waals surface area contributed by atoms with Crippen molar-refractivity contribution in [1.82, 2.24) is 9.80 Å². The lowest BCUT2D eigenvalue weighted by molar-refractivity contribution is -0.137. The lowest BCUT2D eigenvalue weighted by Gasteiger charge is -2.28. The summed E-state index contributed by atoms with van der Waals surface area (Å²) in [5.74, 6) is -1.06. The maximum absolute atomic E-state index is 12.2. The molecule has 7 nitrogen and oxygen atoms in total. The topological polar surface area (TPSA) is 79.3 Å². The number of ether oxygens (including phenoxy) is 2. The molecule has 0 radical (unpaired) electrons. The zero-order valence-corrected chi connectivity index (χ0v) is 11.5. The number of carbonyl (C=O) groups excluding carboxylic acids is 1. The number of methoxy groups -OCH3 is 2. The lowest BCUT2D eigenvalue weighted by Crippen LogP contribution is -2.47. The van der Waals surface area contributed by atoms with Crippen LogP contribution in [0.4, 0.5) is 4.79 Å². The Balaban J connectivity index is 4.67. The van der Waals surface area contributed by atoms with Crippen molar-refractivity contribution < 1.29 is 24.2 Å². The van der Waals surface area contributed by atoms with Gasteiger partial charge in [0.05, 0.1) is 13.2 Å². The molecular formula is C12H22N2O5. The first-order valence-electron chi connectivity index (χ1n) is 5.91. The Kier molecular flexibility index (Phi) is 9.46. The number of hydrogen-bond donors (Lipinski definition) is 1. The van der Waals surface area contributed by atoms with Crippen LogP contribution in [-0.2, 0) is 14.3 Å². The largest absolute Gasteiger partial charge is 0.480 e. The highest BCUT2D eigenvalue weighted by molar-refractivity contribution is 5.80. The second-order valence-corrected chi connectivity index (χ2v) is 3.82. The molecule has 110 valence electrons. The van der Waals surface area contributed by atoms with Gasteiger partial charge in [-0.1, -0.05) is 6.08 Å². The van der Waals surface area contributed by atoms with Gasteiger partial charge in [-0.05, 0) is 0 Å². The lowest BCUT2D eigenvalue weighted by atomic mass is 10.4. The van der Waals surface area contributed by atoms with Gasteiger partial charge in [-0.3, -0.25) is 4.79 Å². The highest BCUT2D eigenvalue weighted by Gasteiger charge is 2.21. The van der Waals surface area contributed by atoms with Crippen molar-refractivity contribution >= 4 is 12.0 Å². The number of aliphatic carboxylic acids is 1. The average molecular weight is 274 g/mol. The molecule has 0 fully saturated rings. The molecule has 0 aliphatic heterocycles. The molecule has 0 spiro atoms. The Morgan fingerprint density at radius 2 is 1.68 bits per heavy atom. The maximum atomic E-state index is 12.2. The van der Waals surface area contributed by atoms with Gasteiger partial charge in [-0.25, -0.2) is 4.79 Å². The molecule has 0 saturated heterocycles. The maximum Gasteiger partial charge on any atom is 0.323 e. The minimum absolute atomic E-state index is 0.224. The Hall–Kier alpha value is -1.60. The summed E-state index contributed by atoms with van der Waals surface area (Å²) in [6.07, 6.45) is 1.59. The van der Waals surface area contributed by atoms with E-state index in [9.17, 15) is 9.59 Å². The van der Waals surface area contributed by atoms with Crippen molar-refractivity contribution in [3.05, 3.63) is 12.7 Å². The van der Waals surface area contributed by atoms with Crippen LogP contribution in [0.2, 0.25) is 0 Å². The highest BCUT2D eigenvalue weighted by Crippen LogP contribution is 2.00. The van der Waals surface area contributed by atoms with Crippen molar-refractivity contribution in [1.29, 1.82) is 0 Å². The summed E-state index contributed by atoms with van der Waals surface area (Å²) < 4.78 is 9.80. The molecule has 19 heavy (non-hydrogen) atoms. The third-order valence-electron chi connectivity index (χ3n) is 2.35. The van der Waals surface area contributed by atoms with Crippen LogP contribution in [0.5, 0.6) is 0 Å². The number of rotatable bonds is 10. The minimum Gasteiger partial charge on any atom is -0.480 e. The van der Waals surface area contributed by atoms with E-state index in [-0.39, 0.29) is 25.7 Å². The monoisotopic (exact) mass is 274 g/mol. The van der Waals surface area contributed by atoms with Gasteiger partial charge in [0.2, 0.25) is 0 Å². The molecule has 0 aromatic heterocycles. The van der Waals surface area contributed by atoms with E-state index < -0.39 is 5.97 Å². The molecule has 0 bridgehead atoms. The SMILES string of the molecule is C=CCN(CCOC)C(=O)N(CCOC)CC(=O)O. The first-order chi connectivity index (χ1) is 9.06. The zero-order valence-electron chi connectivity index (χ0n) is 11.5. The van der Waals surface area contributed by atoms with Gasteiger partial charge in [0.25, 0.3) is 0 Å². The average Bonchev–Trinajstić information content (AvgIpc) is 2.38. The van der Waals surface area contributed by atoms with Crippen molar-refractivity contribution in [2.75, 3.05) is 53.6 Å². The van der Waals surface area contributed by atoms with E-state index in [1.165, 1.54) is 24.0 Å². The Morgan fingerprint density at radius 3 is 2.11 bits per heavy atom. The van der Waals surface area contributed by atoms with E-state index in [0.717, 1.165) is 0 Å². The smallest absolute Gasteiger partial charge is 0.323 e. The van der Waals surface area contributed by atoms with E-state index in [1.54, 1.807) is 6.08 Å². The Morgan fingerprint density at radius 1 is 1.16 bits per heavy atom. The number of carbonyl (C=O) groups is 2. The molecule has 7 heteroatoms. The molecule has 0 saturated carbocycles. The van der Waals surface area contributed by atoms with Gasteiger partial charge in [-0.15, -0.1) is 6.58 Å². The van der Waals surface area contributed by atoms with Crippen LogP contribution < -0.4 is 0 Å². The zero-order chi connectivity index (χ0) is 14.7. The quantitative estimate of drug-likeness (QED) is 0.579. The van der Waals surface area contributed by atoms with Crippen LogP contribution in [0, 0.1) is 0 Å². The van der Waals surface area contributed by atoms with Gasteiger partial charge in [0.15, 0.2) is 0 Å². The second-order valence-electron chi connectivity index (χ2n) is 3.82. The first kappa shape index (κ1) is 17.4. The molecule has 0 aromatic rings. The summed E-state index contributed by atoms with van der Waals surface area (Å²) in [6, 6.07) is -0.364. The number of hydrogen-bond acceptors (Lipinski definition) is 4. The van der Waals surface area contributed by atoms with Gasteiger partial charge in [-0.2, -0.15) is 0 Å². The van der Waals surface area contributed by atoms with Gasteiger partial charge >= 0.3 is 12.0 Å². The molecule has 2 amide bonds. The highest BCUT2D eigenvalue weighted by atomic mass is 16.5. The predicted molar refractivity (Wildman–Crippen MR) is 70.1 cm³/mol. The van der Waals surface area contributed by atoms with Crippen LogP contribution in [0.3, 0.4) is 0 Å². The van der Waals surface area contributed by atoms with Gasteiger partial charge in [0, 0.05) is 33.9 Å². The van der Waals surface area contributed by atoms with Gasteiger partial charge in [0.1, 0.15) is 6.54 Å². The van der Waals surface area contributed by atoms with Crippen LogP contribution in [0.25, 0.3) is 0 Å². The predicted octanol–water partition coefficient (Wildman–Crippen LogP) is 0.274. The Labute approximate surface area is 113 Å². The summed E-state index contributed by atoms with van der Waals surface area (Å²) in [5.41, 5.74) is 0. The third-order valence-corrected chi connectivity index (χ3v) is 2.35. The molecule has 1 N–H and O–H groups in total. The van der Waals surface area contributed by atoms with Crippen LogP contribution in [0.15, 0.2) is 12.7 Å². The molecule has 0 aromatic carbocycles. The molecule has 0 heterocycles. The number of urea groups is 1. The number of carboxylic acid groups (broad SMARTS) is 1. The molecule has 0 atom stereocenters. The van der Waals surface area contributed by atoms with Crippen molar-refractivity contribution in [2.24, 2.45) is 0 Å². The normalized spacial score (nSPS) is 10.0. The fourth-order valence-electron chi connectivity index (χ4n) is 1.43. The summed E-state index contributed by atoms with van der Waals surface area (Å²) in [4.78, 5) is 25.7. The fourth-order valence-corrected chi connectivity index (χ4v) is 1.43. The number of amides is 2. The van der Waals surface area contributed by atoms with E-state index in [4.69, 9.17) is 14.6 Å². The Bertz CT molecular complexity index is 296. The molecule has 0 rings (SSSR count). The minimum atomic E-state index is -1.06. The van der Waals surface area contributed by atoms with Crippen LogP contribution in [0.1, 0.15) is 0 Å². The summed E-state index contributed by atoms with van der Waals surface area (Å²) >= 11 is 0. The van der Waals surface area contributed by atoms with Crippen molar-refractivity contribution in [2.45, 2.75) is 0 Å². The van der Waals surface area contributed by atoms with Crippen molar-refractivity contribution in [3.63, 3.8) is 0 Å². The van der Waals surface area contributed by atoms with E-state index in [1.807, 2.05) is 0 Å². The molecule has 0 unspecified atom stereocenters. The standard InChI is InChI=1S/C12H22N2O5/c1-4-5-13(6-8-18-2)12(17)14(7-9-19-3)10-11(15)16/h4H,1,5-10H2,2-3H3,(H,15,16).